The van der Waals surface area contributed by atoms with Gasteiger partial charge >= 0.3 is 0 Å². The lowest BCUT2D eigenvalue weighted by Gasteiger charge is -2.31. The Morgan fingerprint density at radius 3 is 2.90 bits per heavy atom. The number of H-pyrrole nitrogens is 1. The molecule has 0 bridgehead atoms. The largest absolute Gasteiger partial charge is 0.399 e. The van der Waals surface area contributed by atoms with E-state index in [1.807, 2.05) is 6.07 Å². The molecule has 2 aromatic rings. The predicted molar refractivity (Wildman–Crippen MR) is 76.3 cm³/mol. The SMILES string of the molecule is CN1CCN(C(=O)c2c[nH]c3ccc(N)cc23)CC1=O. The van der Waals surface area contributed by atoms with E-state index in [2.05, 4.69) is 4.98 Å². The van der Waals surface area contributed by atoms with E-state index in [9.17, 15) is 9.59 Å². The summed E-state index contributed by atoms with van der Waals surface area (Å²) in [5, 5.41) is 0.793. The summed E-state index contributed by atoms with van der Waals surface area (Å²) < 4.78 is 0. The van der Waals surface area contributed by atoms with Gasteiger partial charge in [-0.3, -0.25) is 9.59 Å². The molecule has 0 saturated carbocycles. The third kappa shape index (κ3) is 1.99. The number of amides is 2. The number of anilines is 1. The maximum atomic E-state index is 12.5. The molecule has 0 unspecified atom stereocenters. The monoisotopic (exact) mass is 272 g/mol. The third-order valence-electron chi connectivity index (χ3n) is 3.68. The van der Waals surface area contributed by atoms with Crippen molar-refractivity contribution in [1.82, 2.24) is 14.8 Å². The number of carbonyl (C=O) groups is 2. The number of nitrogens with two attached hydrogens (primary N) is 1. The molecule has 1 aliphatic rings. The lowest BCUT2D eigenvalue weighted by Crippen LogP contribution is -2.50. The van der Waals surface area contributed by atoms with Crippen LogP contribution in [-0.4, -0.2) is 53.3 Å². The fourth-order valence-electron chi connectivity index (χ4n) is 2.42. The Morgan fingerprint density at radius 2 is 2.15 bits per heavy atom. The van der Waals surface area contributed by atoms with Gasteiger partial charge in [0, 0.05) is 42.9 Å². The molecule has 3 N–H and O–H groups in total. The van der Waals surface area contributed by atoms with E-state index in [0.717, 1.165) is 10.9 Å². The average Bonchev–Trinajstić information content (AvgIpc) is 2.84. The number of aromatic amines is 1. The Hall–Kier alpha value is -2.50. The highest BCUT2D eigenvalue weighted by Gasteiger charge is 2.26. The van der Waals surface area contributed by atoms with Gasteiger partial charge in [0.15, 0.2) is 0 Å². The molecule has 0 atom stereocenters. The number of hydrogen-bond acceptors (Lipinski definition) is 3. The molecular weight excluding hydrogens is 256 g/mol. The van der Waals surface area contributed by atoms with Gasteiger partial charge in [0.05, 0.1) is 5.56 Å². The molecule has 20 heavy (non-hydrogen) atoms. The number of nitrogen functional groups attached to an aromatic ring is 1. The molecule has 0 radical (unpaired) electrons. The number of nitrogens with zero attached hydrogens (tertiary/aromatic N) is 2. The van der Waals surface area contributed by atoms with Gasteiger partial charge in [0.25, 0.3) is 5.91 Å². The highest BCUT2D eigenvalue weighted by Crippen LogP contribution is 2.22. The average molecular weight is 272 g/mol. The van der Waals surface area contributed by atoms with Crippen molar-refractivity contribution in [2.45, 2.75) is 0 Å². The molecule has 3 rings (SSSR count). The second-order valence-corrected chi connectivity index (χ2v) is 5.05. The maximum Gasteiger partial charge on any atom is 0.256 e. The summed E-state index contributed by atoms with van der Waals surface area (Å²) in [4.78, 5) is 30.5. The molecule has 104 valence electrons. The van der Waals surface area contributed by atoms with Crippen LogP contribution in [0.2, 0.25) is 0 Å². The van der Waals surface area contributed by atoms with Gasteiger partial charge in [-0.05, 0) is 18.2 Å². The van der Waals surface area contributed by atoms with Crippen molar-refractivity contribution < 1.29 is 9.59 Å². The van der Waals surface area contributed by atoms with Gasteiger partial charge in [0.2, 0.25) is 5.91 Å². The molecule has 1 aromatic carbocycles. The number of carbonyl (C=O) groups excluding carboxylic acids is 2. The Kier molecular flexibility index (Phi) is 2.85. The van der Waals surface area contributed by atoms with Crippen LogP contribution < -0.4 is 5.73 Å². The molecule has 0 spiro atoms. The van der Waals surface area contributed by atoms with Gasteiger partial charge in [0.1, 0.15) is 6.54 Å². The minimum absolute atomic E-state index is 0.0380. The first-order valence-corrected chi connectivity index (χ1v) is 6.46. The molecule has 1 fully saturated rings. The first-order chi connectivity index (χ1) is 9.56. The van der Waals surface area contributed by atoms with Crippen LogP contribution in [0.3, 0.4) is 0 Å². The Labute approximate surface area is 116 Å². The molecular formula is C14H16N4O2. The maximum absolute atomic E-state index is 12.5. The Balaban J connectivity index is 1.93. The Morgan fingerprint density at radius 1 is 1.35 bits per heavy atom. The van der Waals surface area contributed by atoms with E-state index in [4.69, 9.17) is 5.73 Å². The first-order valence-electron chi connectivity index (χ1n) is 6.46. The fourth-order valence-corrected chi connectivity index (χ4v) is 2.42. The summed E-state index contributed by atoms with van der Waals surface area (Å²) in [6.07, 6.45) is 1.68. The molecule has 1 aliphatic heterocycles. The second kappa shape index (κ2) is 4.56. The summed E-state index contributed by atoms with van der Waals surface area (Å²) in [6.45, 7) is 1.25. The minimum Gasteiger partial charge on any atom is -0.399 e. The lowest BCUT2D eigenvalue weighted by molar-refractivity contribution is -0.133. The number of piperazine rings is 1. The van der Waals surface area contributed by atoms with Gasteiger partial charge in [-0.1, -0.05) is 0 Å². The molecule has 2 heterocycles. The highest BCUT2D eigenvalue weighted by molar-refractivity contribution is 6.08. The van der Waals surface area contributed by atoms with Gasteiger partial charge in [-0.2, -0.15) is 0 Å². The number of nitrogens with one attached hydrogen (secondary N) is 1. The van der Waals surface area contributed by atoms with E-state index in [0.29, 0.717) is 24.3 Å². The van der Waals surface area contributed by atoms with Crippen LogP contribution in [0.4, 0.5) is 5.69 Å². The molecule has 6 nitrogen and oxygen atoms in total. The standard InChI is InChI=1S/C14H16N4O2/c1-17-4-5-18(8-13(17)19)14(20)11-7-16-12-3-2-9(15)6-10(11)12/h2-3,6-7,16H,4-5,8,15H2,1H3. The third-order valence-corrected chi connectivity index (χ3v) is 3.68. The van der Waals surface area contributed by atoms with Gasteiger partial charge in [-0.15, -0.1) is 0 Å². The Bertz CT molecular complexity index is 692. The number of aromatic nitrogens is 1. The topological polar surface area (TPSA) is 82.4 Å². The predicted octanol–water partition coefficient (Wildman–Crippen LogP) is 0.664. The van der Waals surface area contributed by atoms with Crippen LogP contribution in [0.25, 0.3) is 10.9 Å². The normalized spacial score (nSPS) is 15.9. The quantitative estimate of drug-likeness (QED) is 0.748. The number of hydrogen-bond donors (Lipinski definition) is 2. The zero-order chi connectivity index (χ0) is 14.3. The molecule has 1 aromatic heterocycles. The molecule has 1 saturated heterocycles. The van der Waals surface area contributed by atoms with Crippen LogP contribution in [0.5, 0.6) is 0 Å². The van der Waals surface area contributed by atoms with Crippen molar-refractivity contribution in [3.05, 3.63) is 30.0 Å². The van der Waals surface area contributed by atoms with E-state index >= 15 is 0 Å². The van der Waals surface area contributed by atoms with Crippen LogP contribution in [-0.2, 0) is 4.79 Å². The van der Waals surface area contributed by atoms with Crippen molar-refractivity contribution >= 4 is 28.4 Å². The molecule has 2 amide bonds. The lowest BCUT2D eigenvalue weighted by atomic mass is 10.1. The number of likely N-dealkylation sites (N-methyl/N-ethyl adjacent to an activating group) is 1. The van der Waals surface area contributed by atoms with Crippen molar-refractivity contribution in [2.24, 2.45) is 0 Å². The zero-order valence-electron chi connectivity index (χ0n) is 11.2. The highest BCUT2D eigenvalue weighted by atomic mass is 16.2. The minimum atomic E-state index is -0.136. The second-order valence-electron chi connectivity index (χ2n) is 5.05. The van der Waals surface area contributed by atoms with Crippen molar-refractivity contribution in [3.8, 4) is 0 Å². The van der Waals surface area contributed by atoms with Crippen LogP contribution in [0.1, 0.15) is 10.4 Å². The van der Waals surface area contributed by atoms with Gasteiger partial charge < -0.3 is 20.5 Å². The van der Waals surface area contributed by atoms with Crippen molar-refractivity contribution in [2.75, 3.05) is 32.4 Å². The van der Waals surface area contributed by atoms with E-state index in [1.54, 1.807) is 35.2 Å². The van der Waals surface area contributed by atoms with Crippen LogP contribution in [0.15, 0.2) is 24.4 Å². The van der Waals surface area contributed by atoms with Crippen molar-refractivity contribution in [1.29, 1.82) is 0 Å². The fraction of sp³-hybridized carbons (Fsp3) is 0.286. The number of fused-ring (bicyclic) bond motifs is 1. The summed E-state index contributed by atoms with van der Waals surface area (Å²) >= 11 is 0. The van der Waals surface area contributed by atoms with Crippen LogP contribution in [0, 0.1) is 0 Å². The van der Waals surface area contributed by atoms with Crippen molar-refractivity contribution in [3.63, 3.8) is 0 Å². The van der Waals surface area contributed by atoms with E-state index in [-0.39, 0.29) is 18.4 Å². The summed E-state index contributed by atoms with van der Waals surface area (Å²) in [5.74, 6) is -0.174. The summed E-state index contributed by atoms with van der Waals surface area (Å²) in [6, 6.07) is 5.40. The smallest absolute Gasteiger partial charge is 0.256 e. The van der Waals surface area contributed by atoms with E-state index < -0.39 is 0 Å². The summed E-state index contributed by atoms with van der Waals surface area (Å²) in [7, 11) is 1.75. The molecule has 6 heteroatoms. The summed E-state index contributed by atoms with van der Waals surface area (Å²) in [5.41, 5.74) is 7.81. The molecule has 0 aliphatic carbocycles. The first kappa shape index (κ1) is 12.5. The van der Waals surface area contributed by atoms with Gasteiger partial charge in [-0.25, -0.2) is 0 Å². The number of rotatable bonds is 1. The van der Waals surface area contributed by atoms with Crippen LogP contribution >= 0.6 is 0 Å². The van der Waals surface area contributed by atoms with E-state index in [1.165, 1.54) is 0 Å². The number of benzene rings is 1. The zero-order valence-corrected chi connectivity index (χ0v) is 11.2.